The topological polar surface area (TPSA) is 92.9 Å². The van der Waals surface area contributed by atoms with Crippen molar-refractivity contribution in [2.75, 3.05) is 5.73 Å². The van der Waals surface area contributed by atoms with Crippen LogP contribution < -0.4 is 11.5 Å². The summed E-state index contributed by atoms with van der Waals surface area (Å²) in [6, 6.07) is 12.6. The highest BCUT2D eigenvalue weighted by atomic mass is 32.1. The number of rotatable bonds is 4. The van der Waals surface area contributed by atoms with Crippen molar-refractivity contribution in [1.82, 2.24) is 0 Å². The van der Waals surface area contributed by atoms with Crippen molar-refractivity contribution in [1.29, 1.82) is 5.26 Å². The van der Waals surface area contributed by atoms with Crippen LogP contribution >= 0.6 is 11.3 Å². The van der Waals surface area contributed by atoms with Gasteiger partial charge in [0.05, 0.1) is 22.0 Å². The zero-order valence-corrected chi connectivity index (χ0v) is 15.4. The molecule has 4 N–H and O–H groups in total. The normalized spacial score (nSPS) is 22.4. The van der Waals surface area contributed by atoms with E-state index in [4.69, 9.17) is 11.5 Å². The number of fused-ring (bicyclic) bond motifs is 1. The lowest BCUT2D eigenvalue weighted by Crippen LogP contribution is -2.37. The minimum Gasteiger partial charge on any atom is -0.390 e. The molecule has 1 aromatic heterocycles. The number of thiophene rings is 1. The number of hydrogen-bond acceptors (Lipinski definition) is 4. The van der Waals surface area contributed by atoms with Gasteiger partial charge in [0, 0.05) is 10.8 Å². The number of anilines is 1. The van der Waals surface area contributed by atoms with Gasteiger partial charge in [-0.3, -0.25) is 4.79 Å². The van der Waals surface area contributed by atoms with E-state index in [2.05, 4.69) is 19.9 Å². The van der Waals surface area contributed by atoms with Crippen molar-refractivity contribution < 1.29 is 4.79 Å². The molecule has 130 valence electrons. The Labute approximate surface area is 152 Å². The number of benzene rings is 1. The van der Waals surface area contributed by atoms with Crippen LogP contribution in [0.1, 0.15) is 59.0 Å². The maximum atomic E-state index is 11.9. The predicted octanol–water partition coefficient (Wildman–Crippen LogP) is 3.97. The standard InChI is InChI=1S/C20H23N3OS/c1-12(2)10-15-17-14(16(18(22)24)19(23)25-17)8-9-20(15,11-21)13-6-4-3-5-7-13/h3-7,12,15H,8-10,23H2,1-2H3,(H2,22,24). The van der Waals surface area contributed by atoms with Crippen LogP contribution in [0, 0.1) is 17.2 Å². The Hall–Kier alpha value is -2.32. The number of nitrogens with two attached hydrogens (primary N) is 2. The van der Waals surface area contributed by atoms with E-state index >= 15 is 0 Å². The van der Waals surface area contributed by atoms with E-state index in [-0.39, 0.29) is 5.92 Å². The Morgan fingerprint density at radius 3 is 2.64 bits per heavy atom. The average Bonchev–Trinajstić information content (AvgIpc) is 2.92. The molecule has 0 radical (unpaired) electrons. The monoisotopic (exact) mass is 353 g/mol. The van der Waals surface area contributed by atoms with Gasteiger partial charge in [-0.15, -0.1) is 11.3 Å². The smallest absolute Gasteiger partial charge is 0.251 e. The molecule has 0 fully saturated rings. The van der Waals surface area contributed by atoms with Gasteiger partial charge in [0.2, 0.25) is 0 Å². The summed E-state index contributed by atoms with van der Waals surface area (Å²) < 4.78 is 0. The average molecular weight is 353 g/mol. The molecular formula is C20H23N3OS. The quantitative estimate of drug-likeness (QED) is 0.871. The highest BCUT2D eigenvalue weighted by Gasteiger charge is 2.47. The van der Waals surface area contributed by atoms with Gasteiger partial charge in [-0.2, -0.15) is 5.26 Å². The minimum absolute atomic E-state index is 0.0176. The SMILES string of the molecule is CC(C)CC1c2sc(N)c(C(N)=O)c2CCC1(C#N)c1ccccc1. The van der Waals surface area contributed by atoms with Crippen molar-refractivity contribution in [3.63, 3.8) is 0 Å². The predicted molar refractivity (Wildman–Crippen MR) is 101 cm³/mol. The molecule has 1 heterocycles. The summed E-state index contributed by atoms with van der Waals surface area (Å²) in [7, 11) is 0. The number of nitrogens with zero attached hydrogens (tertiary/aromatic N) is 1. The Kier molecular flexibility index (Phi) is 4.57. The summed E-state index contributed by atoms with van der Waals surface area (Å²) in [6.07, 6.45) is 2.19. The Morgan fingerprint density at radius 1 is 1.40 bits per heavy atom. The van der Waals surface area contributed by atoms with Gasteiger partial charge in [0.25, 0.3) is 5.91 Å². The summed E-state index contributed by atoms with van der Waals surface area (Å²) in [5, 5.41) is 10.7. The number of primary amides is 1. The third-order valence-corrected chi connectivity index (χ3v) is 6.36. The summed E-state index contributed by atoms with van der Waals surface area (Å²) >= 11 is 1.43. The number of hydrogen-bond donors (Lipinski definition) is 2. The maximum Gasteiger partial charge on any atom is 0.251 e. The molecule has 2 unspecified atom stereocenters. The molecule has 0 saturated heterocycles. The van der Waals surface area contributed by atoms with Crippen molar-refractivity contribution >= 4 is 22.2 Å². The second kappa shape index (κ2) is 6.53. The first-order valence-corrected chi connectivity index (χ1v) is 9.40. The molecule has 0 saturated carbocycles. The van der Waals surface area contributed by atoms with Gasteiger partial charge in [-0.25, -0.2) is 0 Å². The van der Waals surface area contributed by atoms with Gasteiger partial charge in [0.15, 0.2) is 0 Å². The van der Waals surface area contributed by atoms with Crippen LogP contribution in [0.3, 0.4) is 0 Å². The molecule has 0 spiro atoms. The third-order valence-electron chi connectivity index (χ3n) is 5.19. The number of nitriles is 1. The molecule has 1 aliphatic rings. The van der Waals surface area contributed by atoms with Crippen LogP contribution in [0.5, 0.6) is 0 Å². The van der Waals surface area contributed by atoms with Gasteiger partial charge >= 0.3 is 0 Å². The first-order valence-electron chi connectivity index (χ1n) is 8.58. The lowest BCUT2D eigenvalue weighted by atomic mass is 9.61. The van der Waals surface area contributed by atoms with Crippen molar-refractivity contribution in [2.45, 2.75) is 44.4 Å². The second-order valence-corrected chi connectivity index (χ2v) is 8.26. The summed E-state index contributed by atoms with van der Waals surface area (Å²) in [4.78, 5) is 12.9. The highest BCUT2D eigenvalue weighted by molar-refractivity contribution is 7.16. The molecule has 1 aromatic carbocycles. The molecule has 3 rings (SSSR count). The van der Waals surface area contributed by atoms with Crippen LogP contribution in [0.15, 0.2) is 30.3 Å². The minimum atomic E-state index is -0.593. The molecule has 25 heavy (non-hydrogen) atoms. The maximum absolute atomic E-state index is 11.9. The van der Waals surface area contributed by atoms with E-state index in [0.29, 0.717) is 29.3 Å². The van der Waals surface area contributed by atoms with Gasteiger partial charge in [-0.05, 0) is 36.3 Å². The molecule has 4 nitrogen and oxygen atoms in total. The number of nitrogen functional groups attached to an aromatic ring is 1. The van der Waals surface area contributed by atoms with E-state index in [1.165, 1.54) is 11.3 Å². The number of carbonyl (C=O) groups is 1. The fraction of sp³-hybridized carbons (Fsp3) is 0.400. The Bertz CT molecular complexity index is 835. The van der Waals surface area contributed by atoms with E-state index in [9.17, 15) is 10.1 Å². The lowest BCUT2D eigenvalue weighted by molar-refractivity contribution is 0.1000. The first-order chi connectivity index (χ1) is 11.9. The fourth-order valence-corrected chi connectivity index (χ4v) is 5.41. The molecular weight excluding hydrogens is 330 g/mol. The summed E-state index contributed by atoms with van der Waals surface area (Å²) in [6.45, 7) is 4.32. The third kappa shape index (κ3) is 2.81. The zero-order valence-electron chi connectivity index (χ0n) is 14.6. The van der Waals surface area contributed by atoms with Gasteiger partial charge in [-0.1, -0.05) is 44.2 Å². The van der Waals surface area contributed by atoms with E-state index in [0.717, 1.165) is 22.4 Å². The molecule has 1 aliphatic carbocycles. The highest BCUT2D eigenvalue weighted by Crippen LogP contribution is 2.54. The van der Waals surface area contributed by atoms with Crippen LogP contribution in [0.2, 0.25) is 0 Å². The Morgan fingerprint density at radius 2 is 2.08 bits per heavy atom. The molecule has 0 aliphatic heterocycles. The lowest BCUT2D eigenvalue weighted by Gasteiger charge is -2.40. The molecule has 2 aromatic rings. The zero-order chi connectivity index (χ0) is 18.2. The molecule has 5 heteroatoms. The first kappa shape index (κ1) is 17.5. The van der Waals surface area contributed by atoms with Crippen LogP contribution in [-0.4, -0.2) is 5.91 Å². The summed E-state index contributed by atoms with van der Waals surface area (Å²) in [5.74, 6) is -0.0285. The van der Waals surface area contributed by atoms with Crippen LogP contribution in [-0.2, 0) is 11.8 Å². The summed E-state index contributed by atoms with van der Waals surface area (Å²) in [5.41, 5.74) is 13.6. The van der Waals surface area contributed by atoms with E-state index in [1.54, 1.807) is 0 Å². The molecule has 0 bridgehead atoms. The van der Waals surface area contributed by atoms with Crippen LogP contribution in [0.4, 0.5) is 5.00 Å². The molecule has 2 atom stereocenters. The van der Waals surface area contributed by atoms with Crippen molar-refractivity contribution in [2.24, 2.45) is 11.7 Å². The van der Waals surface area contributed by atoms with Crippen molar-refractivity contribution in [3.8, 4) is 6.07 Å². The fourth-order valence-electron chi connectivity index (χ4n) is 4.08. The van der Waals surface area contributed by atoms with E-state index < -0.39 is 11.3 Å². The van der Waals surface area contributed by atoms with Crippen molar-refractivity contribution in [3.05, 3.63) is 51.9 Å². The number of carbonyl (C=O) groups excluding carboxylic acids is 1. The largest absolute Gasteiger partial charge is 0.390 e. The Balaban J connectivity index is 2.21. The van der Waals surface area contributed by atoms with Crippen LogP contribution in [0.25, 0.3) is 0 Å². The second-order valence-electron chi connectivity index (χ2n) is 7.18. The number of amides is 1. The van der Waals surface area contributed by atoms with Gasteiger partial charge in [0.1, 0.15) is 0 Å². The van der Waals surface area contributed by atoms with E-state index in [1.807, 2.05) is 30.3 Å². The van der Waals surface area contributed by atoms with Gasteiger partial charge < -0.3 is 11.5 Å². The molecule has 1 amide bonds.